The predicted octanol–water partition coefficient (Wildman–Crippen LogP) is 4.90. The summed E-state index contributed by atoms with van der Waals surface area (Å²) in [5.41, 5.74) is 1.41. The standard InChI is InChI=1S/C14H13ClN2O3.C2H6/c1-20-12-6-7-14(17(18)19)13(8-12)16-9-10-2-4-11(15)5-3-10;1-2/h2-8,16H,9H2,1H3;1-2H3. The van der Waals surface area contributed by atoms with Crippen molar-refractivity contribution < 1.29 is 9.66 Å². The summed E-state index contributed by atoms with van der Waals surface area (Å²) in [4.78, 5) is 10.6. The molecule has 0 aliphatic carbocycles. The predicted molar refractivity (Wildman–Crippen MR) is 89.8 cm³/mol. The molecule has 0 atom stereocenters. The van der Waals surface area contributed by atoms with Gasteiger partial charge in [0.05, 0.1) is 12.0 Å². The summed E-state index contributed by atoms with van der Waals surface area (Å²) in [5.74, 6) is 0.564. The molecule has 0 radical (unpaired) electrons. The van der Waals surface area contributed by atoms with E-state index in [0.29, 0.717) is 23.0 Å². The van der Waals surface area contributed by atoms with Crippen LogP contribution in [-0.4, -0.2) is 12.0 Å². The summed E-state index contributed by atoms with van der Waals surface area (Å²) in [6.07, 6.45) is 0. The third-order valence-electron chi connectivity index (χ3n) is 2.80. The molecule has 0 heterocycles. The lowest BCUT2D eigenvalue weighted by Gasteiger charge is -2.09. The van der Waals surface area contributed by atoms with Crippen LogP contribution in [0.2, 0.25) is 5.02 Å². The summed E-state index contributed by atoms with van der Waals surface area (Å²) in [7, 11) is 1.52. The van der Waals surface area contributed by atoms with Gasteiger partial charge < -0.3 is 10.1 Å². The Morgan fingerprint density at radius 1 is 1.18 bits per heavy atom. The molecule has 1 N–H and O–H groups in total. The highest BCUT2D eigenvalue weighted by Gasteiger charge is 2.14. The fourth-order valence-corrected chi connectivity index (χ4v) is 1.87. The number of nitrogens with zero attached hydrogens (tertiary/aromatic N) is 1. The van der Waals surface area contributed by atoms with Crippen molar-refractivity contribution in [3.05, 3.63) is 63.2 Å². The van der Waals surface area contributed by atoms with Gasteiger partial charge in [0.2, 0.25) is 0 Å². The first kappa shape index (κ1) is 17.8. The van der Waals surface area contributed by atoms with Crippen molar-refractivity contribution in [2.24, 2.45) is 0 Å². The Kier molecular flexibility index (Phi) is 7.19. The van der Waals surface area contributed by atoms with Crippen LogP contribution in [0.1, 0.15) is 19.4 Å². The van der Waals surface area contributed by atoms with Crippen LogP contribution in [0.5, 0.6) is 5.75 Å². The smallest absolute Gasteiger partial charge is 0.292 e. The summed E-state index contributed by atoms with van der Waals surface area (Å²) >= 11 is 5.81. The number of rotatable bonds is 5. The SMILES string of the molecule is CC.COc1ccc([N+](=O)[O-])c(NCc2ccc(Cl)cc2)c1. The number of hydrogen-bond donors (Lipinski definition) is 1. The number of anilines is 1. The van der Waals surface area contributed by atoms with Gasteiger partial charge in [-0.2, -0.15) is 0 Å². The second-order valence-electron chi connectivity index (χ2n) is 4.12. The third kappa shape index (κ3) is 4.93. The van der Waals surface area contributed by atoms with Crippen molar-refractivity contribution in [1.82, 2.24) is 0 Å². The molecular weight excluding hydrogens is 304 g/mol. The van der Waals surface area contributed by atoms with Crippen molar-refractivity contribution in [1.29, 1.82) is 0 Å². The number of benzene rings is 2. The van der Waals surface area contributed by atoms with Gasteiger partial charge in [0.25, 0.3) is 5.69 Å². The molecule has 0 saturated heterocycles. The molecule has 0 amide bonds. The number of nitrogens with one attached hydrogen (secondary N) is 1. The summed E-state index contributed by atoms with van der Waals surface area (Å²) in [6.45, 7) is 4.46. The average molecular weight is 323 g/mol. The quantitative estimate of drug-likeness (QED) is 0.628. The normalized spacial score (nSPS) is 9.45. The Hall–Kier alpha value is -2.27. The van der Waals surface area contributed by atoms with E-state index in [0.717, 1.165) is 5.56 Å². The molecule has 5 nitrogen and oxygen atoms in total. The monoisotopic (exact) mass is 322 g/mol. The minimum absolute atomic E-state index is 0.0137. The molecule has 0 saturated carbocycles. The number of halogens is 1. The van der Waals surface area contributed by atoms with Gasteiger partial charge in [0.15, 0.2) is 0 Å². The van der Waals surface area contributed by atoms with Gasteiger partial charge in [-0.3, -0.25) is 10.1 Å². The molecule has 0 aliphatic rings. The van der Waals surface area contributed by atoms with Crippen LogP contribution < -0.4 is 10.1 Å². The summed E-state index contributed by atoms with van der Waals surface area (Å²) in [5, 5.41) is 14.7. The molecule has 2 rings (SSSR count). The van der Waals surface area contributed by atoms with E-state index in [-0.39, 0.29) is 5.69 Å². The van der Waals surface area contributed by atoms with E-state index >= 15 is 0 Å². The fourth-order valence-electron chi connectivity index (χ4n) is 1.74. The zero-order valence-electron chi connectivity index (χ0n) is 12.8. The van der Waals surface area contributed by atoms with Crippen molar-refractivity contribution >= 4 is 23.0 Å². The number of methoxy groups -OCH3 is 1. The molecular formula is C16H19ClN2O3. The molecule has 0 fully saturated rings. The number of hydrogen-bond acceptors (Lipinski definition) is 4. The van der Waals surface area contributed by atoms with Gasteiger partial charge in [0, 0.05) is 23.7 Å². The molecule has 118 valence electrons. The van der Waals surface area contributed by atoms with Crippen LogP contribution in [-0.2, 0) is 6.54 Å². The topological polar surface area (TPSA) is 64.4 Å². The zero-order chi connectivity index (χ0) is 16.5. The Morgan fingerprint density at radius 2 is 1.82 bits per heavy atom. The van der Waals surface area contributed by atoms with Crippen LogP contribution in [0.15, 0.2) is 42.5 Å². The lowest BCUT2D eigenvalue weighted by Crippen LogP contribution is -2.03. The largest absolute Gasteiger partial charge is 0.497 e. The molecule has 0 aromatic heterocycles. The fraction of sp³-hybridized carbons (Fsp3) is 0.250. The first-order valence-electron chi connectivity index (χ1n) is 6.91. The van der Waals surface area contributed by atoms with Crippen LogP contribution in [0, 0.1) is 10.1 Å². The van der Waals surface area contributed by atoms with E-state index in [1.54, 1.807) is 24.3 Å². The Labute approximate surface area is 135 Å². The Balaban J connectivity index is 0.00000116. The molecule has 2 aromatic rings. The lowest BCUT2D eigenvalue weighted by atomic mass is 10.2. The van der Waals surface area contributed by atoms with E-state index in [9.17, 15) is 10.1 Å². The van der Waals surface area contributed by atoms with Crippen LogP contribution in [0.3, 0.4) is 0 Å². The van der Waals surface area contributed by atoms with Crippen LogP contribution in [0.4, 0.5) is 11.4 Å². The minimum atomic E-state index is -0.427. The molecule has 0 spiro atoms. The maximum absolute atomic E-state index is 11.0. The highest BCUT2D eigenvalue weighted by atomic mass is 35.5. The number of ether oxygens (including phenoxy) is 1. The number of nitro groups is 1. The van der Waals surface area contributed by atoms with Crippen molar-refractivity contribution in [3.8, 4) is 5.75 Å². The second kappa shape index (κ2) is 8.89. The Morgan fingerprint density at radius 3 is 2.36 bits per heavy atom. The van der Waals surface area contributed by atoms with E-state index in [1.165, 1.54) is 13.2 Å². The summed E-state index contributed by atoms with van der Waals surface area (Å²) < 4.78 is 5.08. The second-order valence-corrected chi connectivity index (χ2v) is 4.56. The molecule has 0 bridgehead atoms. The average Bonchev–Trinajstić information content (AvgIpc) is 2.55. The molecule has 2 aromatic carbocycles. The Bertz CT molecular complexity index is 615. The molecule has 0 aliphatic heterocycles. The highest BCUT2D eigenvalue weighted by Crippen LogP contribution is 2.29. The van der Waals surface area contributed by atoms with Gasteiger partial charge in [0.1, 0.15) is 11.4 Å². The highest BCUT2D eigenvalue weighted by molar-refractivity contribution is 6.30. The lowest BCUT2D eigenvalue weighted by molar-refractivity contribution is -0.384. The van der Waals surface area contributed by atoms with E-state index in [1.807, 2.05) is 26.0 Å². The van der Waals surface area contributed by atoms with Crippen molar-refractivity contribution in [2.75, 3.05) is 12.4 Å². The van der Waals surface area contributed by atoms with Crippen molar-refractivity contribution in [2.45, 2.75) is 20.4 Å². The van der Waals surface area contributed by atoms with Gasteiger partial charge in [-0.25, -0.2) is 0 Å². The zero-order valence-corrected chi connectivity index (χ0v) is 13.6. The van der Waals surface area contributed by atoms with Gasteiger partial charge in [-0.15, -0.1) is 0 Å². The van der Waals surface area contributed by atoms with E-state index in [4.69, 9.17) is 16.3 Å². The van der Waals surface area contributed by atoms with E-state index < -0.39 is 4.92 Å². The molecule has 22 heavy (non-hydrogen) atoms. The van der Waals surface area contributed by atoms with Crippen LogP contribution >= 0.6 is 11.6 Å². The molecule has 0 unspecified atom stereocenters. The van der Waals surface area contributed by atoms with Gasteiger partial charge in [-0.05, 0) is 23.8 Å². The number of nitro benzene ring substituents is 1. The molecule has 6 heteroatoms. The van der Waals surface area contributed by atoms with Gasteiger partial charge in [-0.1, -0.05) is 37.6 Å². The first-order valence-corrected chi connectivity index (χ1v) is 7.28. The van der Waals surface area contributed by atoms with Gasteiger partial charge >= 0.3 is 0 Å². The summed E-state index contributed by atoms with van der Waals surface area (Å²) in [6, 6.07) is 11.9. The minimum Gasteiger partial charge on any atom is -0.497 e. The first-order chi connectivity index (χ1) is 10.6. The maximum atomic E-state index is 11.0. The maximum Gasteiger partial charge on any atom is 0.292 e. The van der Waals surface area contributed by atoms with E-state index in [2.05, 4.69) is 5.32 Å². The third-order valence-corrected chi connectivity index (χ3v) is 3.05. The van der Waals surface area contributed by atoms with Crippen LogP contribution in [0.25, 0.3) is 0 Å². The van der Waals surface area contributed by atoms with Crippen molar-refractivity contribution in [3.63, 3.8) is 0 Å².